The van der Waals surface area contributed by atoms with Crippen molar-refractivity contribution in [3.63, 3.8) is 0 Å². The average molecular weight is 1150 g/mol. The van der Waals surface area contributed by atoms with E-state index in [-0.39, 0.29) is 25.1 Å². The second-order valence-electron chi connectivity index (χ2n) is 24.7. The molecule has 0 aliphatic heterocycles. The number of likely N-dealkylation sites (N-methyl/N-ethyl adjacent to an activating group) is 1. The molecule has 470 valence electrons. The molecule has 0 saturated heterocycles. The summed E-state index contributed by atoms with van der Waals surface area (Å²) in [6.45, 7) is 7.02. The fourth-order valence-corrected chi connectivity index (χ4v) is 10.9. The molecule has 9 nitrogen and oxygen atoms in total. The van der Waals surface area contributed by atoms with Crippen molar-refractivity contribution >= 4 is 19.7 Å². The van der Waals surface area contributed by atoms with Gasteiger partial charge in [0.15, 0.2) is 0 Å². The lowest BCUT2D eigenvalue weighted by Crippen LogP contribution is -2.47. The first kappa shape index (κ1) is 78.0. The number of phosphoric acid groups is 1. The van der Waals surface area contributed by atoms with E-state index in [1.54, 1.807) is 0 Å². The van der Waals surface area contributed by atoms with Gasteiger partial charge >= 0.3 is 13.8 Å². The minimum atomic E-state index is -4.45. The Kier molecular flexibility index (Phi) is 58.6. The molecule has 0 heterocycles. The van der Waals surface area contributed by atoms with Crippen LogP contribution in [0.25, 0.3) is 0 Å². The minimum absolute atomic E-state index is 0.0409. The maximum atomic E-state index is 13.6. The number of hydrogen-bond acceptors (Lipinski definition) is 6. The maximum absolute atomic E-state index is 13.6. The number of unbranched alkanes of at least 4 members (excludes halogenated alkanes) is 41. The van der Waals surface area contributed by atoms with Crippen LogP contribution in [0.5, 0.6) is 0 Å². The molecule has 10 heteroatoms. The van der Waals surface area contributed by atoms with E-state index in [1.807, 2.05) is 33.3 Å². The third kappa shape index (κ3) is 60.6. The first-order chi connectivity index (χ1) is 38.9. The molecular weight excluding hydrogens is 1010 g/mol. The predicted octanol–water partition coefficient (Wildman–Crippen LogP) is 21.6. The standard InChI is InChI=1S/C70H133N2O7P/c1-7-10-13-16-19-22-25-28-30-32-34-35-36-37-39-40-42-44-47-50-53-56-59-62-69(73)71-67(66-78-80(75,76)77-65-64-72(4,5)6)68(61-58-55-52-49-46-27-24-21-18-15-12-9-3)79-70(74)63-60-57-54-51-48-45-43-41-38-33-31-29-26-23-20-17-14-11-8-2/h19,22,28-31,58,61,67-68H,7-18,20-21,23-27,32-57,59-60,62-66H2,1-6H3,(H-,71,73,75,76)/p+1/b22-19-,30-28-,31-29+,61-58-. The van der Waals surface area contributed by atoms with Gasteiger partial charge in [0.2, 0.25) is 5.91 Å². The normalized spacial score (nSPS) is 13.8. The first-order valence-corrected chi connectivity index (χ1v) is 36.0. The zero-order chi connectivity index (χ0) is 58.6. The topological polar surface area (TPSA) is 111 Å². The van der Waals surface area contributed by atoms with Crippen molar-refractivity contribution in [1.82, 2.24) is 5.32 Å². The second kappa shape index (κ2) is 60.1. The summed E-state index contributed by atoms with van der Waals surface area (Å²) in [6, 6.07) is -0.849. The molecule has 3 unspecified atom stereocenters. The molecule has 2 N–H and O–H groups in total. The molecule has 3 atom stereocenters. The third-order valence-electron chi connectivity index (χ3n) is 15.5. The van der Waals surface area contributed by atoms with Gasteiger partial charge in [-0.2, -0.15) is 0 Å². The van der Waals surface area contributed by atoms with Gasteiger partial charge < -0.3 is 19.4 Å². The Labute approximate surface area is 497 Å². The van der Waals surface area contributed by atoms with Crippen molar-refractivity contribution < 1.29 is 37.3 Å². The van der Waals surface area contributed by atoms with E-state index in [0.29, 0.717) is 23.9 Å². The number of allylic oxidation sites excluding steroid dienone is 7. The lowest BCUT2D eigenvalue weighted by atomic mass is 10.0. The number of esters is 1. The van der Waals surface area contributed by atoms with Crippen LogP contribution in [0.4, 0.5) is 0 Å². The largest absolute Gasteiger partial charge is 0.472 e. The molecule has 0 bridgehead atoms. The van der Waals surface area contributed by atoms with Crippen LogP contribution in [-0.2, 0) is 27.9 Å². The van der Waals surface area contributed by atoms with E-state index >= 15 is 0 Å². The molecule has 1 amide bonds. The number of rotatable bonds is 63. The monoisotopic (exact) mass is 1150 g/mol. The number of quaternary nitrogens is 1. The van der Waals surface area contributed by atoms with Crippen LogP contribution >= 0.6 is 7.82 Å². The quantitative estimate of drug-likeness (QED) is 0.0205. The highest BCUT2D eigenvalue weighted by Gasteiger charge is 2.30. The van der Waals surface area contributed by atoms with Crippen molar-refractivity contribution in [2.45, 2.75) is 348 Å². The molecule has 0 aliphatic rings. The number of amides is 1. The molecule has 0 fully saturated rings. The molecule has 0 radical (unpaired) electrons. The van der Waals surface area contributed by atoms with E-state index in [2.05, 4.69) is 62.5 Å². The summed E-state index contributed by atoms with van der Waals surface area (Å²) in [6.07, 6.45) is 75.4. The Morgan fingerprint density at radius 3 is 1.16 bits per heavy atom. The van der Waals surface area contributed by atoms with Gasteiger partial charge in [0.25, 0.3) is 0 Å². The molecule has 0 saturated carbocycles. The SMILES string of the molecule is CCCCC/C=C\C/C=C\CCCCCCCCCCCCCCCC(=O)NC(COP(=O)(O)OCC[N+](C)(C)C)C(/C=C\CCCCCCCCCCCC)OC(=O)CCCCCCCCCCC/C=C/CCCCCCCC. The van der Waals surface area contributed by atoms with Crippen LogP contribution in [0.2, 0.25) is 0 Å². The maximum Gasteiger partial charge on any atom is 0.472 e. The summed E-state index contributed by atoms with van der Waals surface area (Å²) in [5.74, 6) is -0.495. The van der Waals surface area contributed by atoms with Gasteiger partial charge in [-0.05, 0) is 89.5 Å². The molecule has 0 rings (SSSR count). The summed E-state index contributed by atoms with van der Waals surface area (Å²) in [4.78, 5) is 37.8. The van der Waals surface area contributed by atoms with Gasteiger partial charge in [-0.15, -0.1) is 0 Å². The minimum Gasteiger partial charge on any atom is -0.456 e. The van der Waals surface area contributed by atoms with Crippen LogP contribution < -0.4 is 5.32 Å². The van der Waals surface area contributed by atoms with Gasteiger partial charge in [-0.25, -0.2) is 4.57 Å². The molecule has 0 aromatic carbocycles. The molecule has 0 aromatic rings. The second-order valence-corrected chi connectivity index (χ2v) is 26.1. The predicted molar refractivity (Wildman–Crippen MR) is 346 cm³/mol. The van der Waals surface area contributed by atoms with Crippen LogP contribution in [-0.4, -0.2) is 74.3 Å². The fraction of sp³-hybridized carbons (Fsp3) is 0.857. The van der Waals surface area contributed by atoms with Gasteiger partial charge in [0, 0.05) is 12.8 Å². The van der Waals surface area contributed by atoms with Gasteiger partial charge in [0.05, 0.1) is 33.8 Å². The number of phosphoric ester groups is 1. The molecule has 80 heavy (non-hydrogen) atoms. The molecular formula is C70H134N2O7P+. The molecule has 0 aromatic heterocycles. The Hall–Kier alpha value is -2.03. The summed E-state index contributed by atoms with van der Waals surface area (Å²) in [5.41, 5.74) is 0. The van der Waals surface area contributed by atoms with E-state index < -0.39 is 20.0 Å². The number of nitrogens with one attached hydrogen (secondary N) is 1. The van der Waals surface area contributed by atoms with Crippen molar-refractivity contribution in [3.05, 3.63) is 48.6 Å². The van der Waals surface area contributed by atoms with Crippen molar-refractivity contribution in [2.24, 2.45) is 0 Å². The van der Waals surface area contributed by atoms with E-state index in [0.717, 1.165) is 64.2 Å². The number of ether oxygens (including phenoxy) is 1. The molecule has 0 aliphatic carbocycles. The fourth-order valence-electron chi connectivity index (χ4n) is 10.1. The zero-order valence-corrected chi connectivity index (χ0v) is 54.7. The number of hydrogen-bond donors (Lipinski definition) is 2. The van der Waals surface area contributed by atoms with Crippen LogP contribution in [0.15, 0.2) is 48.6 Å². The zero-order valence-electron chi connectivity index (χ0n) is 53.8. The van der Waals surface area contributed by atoms with Gasteiger partial charge in [0.1, 0.15) is 19.3 Å². The van der Waals surface area contributed by atoms with Crippen molar-refractivity contribution in [2.75, 3.05) is 40.9 Å². The average Bonchev–Trinajstić information content (AvgIpc) is 3.42. The number of nitrogens with zero attached hydrogens (tertiary/aromatic N) is 1. The highest BCUT2D eigenvalue weighted by molar-refractivity contribution is 7.47. The van der Waals surface area contributed by atoms with Gasteiger partial charge in [-0.1, -0.05) is 282 Å². The summed E-state index contributed by atoms with van der Waals surface area (Å²) < 4.78 is 30.8. The van der Waals surface area contributed by atoms with Gasteiger partial charge in [-0.3, -0.25) is 18.6 Å². The smallest absolute Gasteiger partial charge is 0.456 e. The summed E-state index contributed by atoms with van der Waals surface area (Å²) in [5, 5.41) is 3.07. The lowest BCUT2D eigenvalue weighted by molar-refractivity contribution is -0.870. The van der Waals surface area contributed by atoms with Crippen LogP contribution in [0, 0.1) is 0 Å². The third-order valence-corrected chi connectivity index (χ3v) is 16.5. The van der Waals surface area contributed by atoms with E-state index in [1.165, 1.54) is 238 Å². The van der Waals surface area contributed by atoms with Crippen molar-refractivity contribution in [3.8, 4) is 0 Å². The van der Waals surface area contributed by atoms with E-state index in [9.17, 15) is 19.0 Å². The highest BCUT2D eigenvalue weighted by Crippen LogP contribution is 2.43. The Morgan fingerprint density at radius 1 is 0.438 bits per heavy atom. The Balaban J connectivity index is 5.10. The summed E-state index contributed by atoms with van der Waals surface area (Å²) >= 11 is 0. The Bertz CT molecular complexity index is 1510. The number of carbonyl (C=O) groups excluding carboxylic acids is 2. The lowest BCUT2D eigenvalue weighted by Gasteiger charge is -2.27. The first-order valence-electron chi connectivity index (χ1n) is 34.5. The van der Waals surface area contributed by atoms with E-state index in [4.69, 9.17) is 13.8 Å². The van der Waals surface area contributed by atoms with Crippen LogP contribution in [0.1, 0.15) is 335 Å². The Morgan fingerprint density at radius 2 is 0.762 bits per heavy atom. The highest BCUT2D eigenvalue weighted by atomic mass is 31.2. The molecule has 0 spiro atoms. The number of carbonyl (C=O) groups is 2. The van der Waals surface area contributed by atoms with Crippen LogP contribution in [0.3, 0.4) is 0 Å². The summed E-state index contributed by atoms with van der Waals surface area (Å²) in [7, 11) is 1.50. The van der Waals surface area contributed by atoms with Crippen molar-refractivity contribution in [1.29, 1.82) is 0 Å².